The summed E-state index contributed by atoms with van der Waals surface area (Å²) in [5, 5.41) is 32.1. The molecule has 0 aromatic heterocycles. The van der Waals surface area contributed by atoms with Crippen LogP contribution in [0.4, 0.5) is 0 Å². The third-order valence-electron chi connectivity index (χ3n) is 11.6. The standard InChI is InChI=1S/C30H44O3/c1-17-8-9-27(4)10-12-30(7)24-15-20(19(3)31)25-18(2)26(33)22(32)16-21(25)28(24,5)11-13-29(30,6)23(27)14-17/h15-17,19-20,23,31-33H,8-14H2,1-7H3/t17-,19?,20?,23-,27-,28+,29+,30-/m1/s1. The van der Waals surface area contributed by atoms with Crippen LogP contribution in [0.2, 0.25) is 0 Å². The van der Waals surface area contributed by atoms with Gasteiger partial charge in [-0.3, -0.25) is 0 Å². The van der Waals surface area contributed by atoms with E-state index in [0.717, 1.165) is 29.4 Å². The van der Waals surface area contributed by atoms with Crippen LogP contribution < -0.4 is 0 Å². The summed E-state index contributed by atoms with van der Waals surface area (Å²) in [7, 11) is 0. The van der Waals surface area contributed by atoms with Crippen molar-refractivity contribution in [1.82, 2.24) is 0 Å². The predicted octanol–water partition coefficient (Wildman–Crippen LogP) is 7.11. The van der Waals surface area contributed by atoms with E-state index in [-0.39, 0.29) is 33.7 Å². The lowest BCUT2D eigenvalue weighted by molar-refractivity contribution is -0.145. The molecule has 0 radical (unpaired) electrons. The van der Waals surface area contributed by atoms with Crippen LogP contribution in [0.15, 0.2) is 17.7 Å². The zero-order valence-electron chi connectivity index (χ0n) is 21.8. The minimum absolute atomic E-state index is 0.0334. The molecule has 3 fully saturated rings. The van der Waals surface area contributed by atoms with Crippen molar-refractivity contribution < 1.29 is 15.3 Å². The zero-order chi connectivity index (χ0) is 24.1. The number of hydrogen-bond donors (Lipinski definition) is 3. The molecule has 0 spiro atoms. The van der Waals surface area contributed by atoms with Crippen molar-refractivity contribution in [2.45, 2.75) is 111 Å². The SMILES string of the molecule is Cc1c(O)c(O)cc2c1C(C(C)O)C=C1[C@@]2(C)CC[C@@]2(C)[C@@H]3C[C@H](C)CC[C@]3(C)CC[C@]12C. The second-order valence-corrected chi connectivity index (χ2v) is 13.3. The first kappa shape index (κ1) is 23.3. The van der Waals surface area contributed by atoms with Crippen LogP contribution >= 0.6 is 0 Å². The molecule has 33 heavy (non-hydrogen) atoms. The summed E-state index contributed by atoms with van der Waals surface area (Å²) >= 11 is 0. The van der Waals surface area contributed by atoms with Gasteiger partial charge >= 0.3 is 0 Å². The number of hydrogen-bond acceptors (Lipinski definition) is 3. The lowest BCUT2D eigenvalue weighted by atomic mass is 9.35. The predicted molar refractivity (Wildman–Crippen MR) is 134 cm³/mol. The van der Waals surface area contributed by atoms with Crippen LogP contribution in [0.25, 0.3) is 0 Å². The van der Waals surface area contributed by atoms with Gasteiger partial charge in [0.05, 0.1) is 6.10 Å². The summed E-state index contributed by atoms with van der Waals surface area (Å²) in [6, 6.07) is 1.81. The molecule has 182 valence electrons. The maximum absolute atomic E-state index is 10.9. The summed E-state index contributed by atoms with van der Waals surface area (Å²) in [5.41, 5.74) is 4.88. The smallest absolute Gasteiger partial charge is 0.160 e. The average molecular weight is 453 g/mol. The summed E-state index contributed by atoms with van der Waals surface area (Å²) < 4.78 is 0. The fraction of sp³-hybridized carbons (Fsp3) is 0.733. The van der Waals surface area contributed by atoms with Crippen molar-refractivity contribution in [3.8, 4) is 11.5 Å². The Bertz CT molecular complexity index is 1020. The van der Waals surface area contributed by atoms with Gasteiger partial charge in [-0.05, 0) is 103 Å². The molecule has 3 heteroatoms. The molecular weight excluding hydrogens is 408 g/mol. The van der Waals surface area contributed by atoms with Crippen molar-refractivity contribution in [2.75, 3.05) is 0 Å². The highest BCUT2D eigenvalue weighted by molar-refractivity contribution is 5.62. The van der Waals surface area contributed by atoms with Crippen molar-refractivity contribution >= 4 is 0 Å². The number of aromatic hydroxyl groups is 2. The summed E-state index contributed by atoms with van der Waals surface area (Å²) in [6.45, 7) is 16.2. The average Bonchev–Trinajstić information content (AvgIpc) is 2.75. The molecule has 0 bridgehead atoms. The van der Waals surface area contributed by atoms with E-state index in [1.165, 1.54) is 44.1 Å². The first-order valence-electron chi connectivity index (χ1n) is 13.3. The Balaban J connectivity index is 1.72. The van der Waals surface area contributed by atoms with E-state index in [2.05, 4.69) is 40.7 Å². The Morgan fingerprint density at radius 1 is 1.00 bits per heavy atom. The van der Waals surface area contributed by atoms with Gasteiger partial charge in [0.1, 0.15) is 0 Å². The van der Waals surface area contributed by atoms with Crippen molar-refractivity contribution in [3.63, 3.8) is 0 Å². The Morgan fingerprint density at radius 3 is 2.36 bits per heavy atom. The number of phenols is 2. The fourth-order valence-corrected chi connectivity index (χ4v) is 9.22. The van der Waals surface area contributed by atoms with E-state index in [0.29, 0.717) is 11.0 Å². The van der Waals surface area contributed by atoms with Crippen molar-refractivity contribution in [3.05, 3.63) is 34.4 Å². The molecule has 0 saturated heterocycles. The third kappa shape index (κ3) is 2.84. The first-order valence-corrected chi connectivity index (χ1v) is 13.3. The molecule has 3 saturated carbocycles. The topological polar surface area (TPSA) is 60.7 Å². The fourth-order valence-electron chi connectivity index (χ4n) is 9.22. The molecule has 4 aliphatic carbocycles. The third-order valence-corrected chi connectivity index (χ3v) is 11.6. The van der Waals surface area contributed by atoms with Gasteiger partial charge in [-0.15, -0.1) is 0 Å². The molecule has 8 atom stereocenters. The quantitative estimate of drug-likeness (QED) is 0.314. The Hall–Kier alpha value is -1.48. The van der Waals surface area contributed by atoms with Gasteiger partial charge in [0, 0.05) is 11.3 Å². The first-order chi connectivity index (χ1) is 15.3. The number of fused-ring (bicyclic) bond motifs is 7. The van der Waals surface area contributed by atoms with Gasteiger partial charge in [-0.2, -0.15) is 0 Å². The second-order valence-electron chi connectivity index (χ2n) is 13.3. The number of allylic oxidation sites excluding steroid dienone is 1. The van der Waals surface area contributed by atoms with Crippen LogP contribution in [0.1, 0.15) is 109 Å². The van der Waals surface area contributed by atoms with Gasteiger partial charge in [0.2, 0.25) is 0 Å². The molecule has 4 aliphatic rings. The molecule has 3 nitrogen and oxygen atoms in total. The monoisotopic (exact) mass is 452 g/mol. The molecule has 1 aromatic rings. The Kier molecular flexibility index (Phi) is 4.96. The second kappa shape index (κ2) is 7.03. The Morgan fingerprint density at radius 2 is 1.70 bits per heavy atom. The molecule has 0 aliphatic heterocycles. The molecule has 2 unspecified atom stereocenters. The number of benzene rings is 1. The number of aliphatic hydroxyl groups is 1. The lowest BCUT2D eigenvalue weighted by Gasteiger charge is -2.69. The van der Waals surface area contributed by atoms with Crippen LogP contribution in [0.5, 0.6) is 11.5 Å². The van der Waals surface area contributed by atoms with E-state index >= 15 is 0 Å². The number of phenolic OH excluding ortho intramolecular Hbond substituents is 2. The normalized spacial score (nSPS) is 45.2. The zero-order valence-corrected chi connectivity index (χ0v) is 21.8. The van der Waals surface area contributed by atoms with Crippen molar-refractivity contribution in [2.24, 2.45) is 28.1 Å². The highest BCUT2D eigenvalue weighted by Gasteiger charge is 2.65. The van der Waals surface area contributed by atoms with Gasteiger partial charge < -0.3 is 15.3 Å². The van der Waals surface area contributed by atoms with E-state index in [1.54, 1.807) is 0 Å². The summed E-state index contributed by atoms with van der Waals surface area (Å²) in [4.78, 5) is 0. The van der Waals surface area contributed by atoms with Gasteiger partial charge in [-0.1, -0.05) is 52.7 Å². The molecule has 0 amide bonds. The molecule has 3 N–H and O–H groups in total. The van der Waals surface area contributed by atoms with E-state index in [4.69, 9.17) is 0 Å². The minimum Gasteiger partial charge on any atom is -0.504 e. The maximum Gasteiger partial charge on any atom is 0.160 e. The van der Waals surface area contributed by atoms with Crippen LogP contribution in [0, 0.1) is 35.0 Å². The Labute approximate surface area is 200 Å². The van der Waals surface area contributed by atoms with Crippen LogP contribution in [0.3, 0.4) is 0 Å². The van der Waals surface area contributed by atoms with Crippen LogP contribution in [-0.2, 0) is 5.41 Å². The van der Waals surface area contributed by atoms with Crippen LogP contribution in [-0.4, -0.2) is 21.4 Å². The van der Waals surface area contributed by atoms with Crippen molar-refractivity contribution in [1.29, 1.82) is 0 Å². The molecule has 0 heterocycles. The van der Waals surface area contributed by atoms with E-state index < -0.39 is 6.10 Å². The molecule has 5 rings (SSSR count). The number of aliphatic hydroxyl groups excluding tert-OH is 1. The lowest BCUT2D eigenvalue weighted by Crippen LogP contribution is -2.61. The van der Waals surface area contributed by atoms with E-state index in [9.17, 15) is 15.3 Å². The molecular formula is C30H44O3. The largest absolute Gasteiger partial charge is 0.504 e. The molecule has 1 aromatic carbocycles. The maximum atomic E-state index is 10.9. The minimum atomic E-state index is -0.552. The summed E-state index contributed by atoms with van der Waals surface area (Å²) in [5.74, 6) is 1.28. The number of rotatable bonds is 1. The highest BCUT2D eigenvalue weighted by Crippen LogP contribution is 2.74. The van der Waals surface area contributed by atoms with E-state index in [1.807, 2.05) is 19.9 Å². The highest BCUT2D eigenvalue weighted by atomic mass is 16.3. The summed E-state index contributed by atoms with van der Waals surface area (Å²) in [6.07, 6.45) is 10.6. The van der Waals surface area contributed by atoms with Gasteiger partial charge in [-0.25, -0.2) is 0 Å². The van der Waals surface area contributed by atoms with Gasteiger partial charge in [0.15, 0.2) is 11.5 Å². The van der Waals surface area contributed by atoms with Gasteiger partial charge in [0.25, 0.3) is 0 Å².